The maximum Gasteiger partial charge on any atom is 0.143 e. The first kappa shape index (κ1) is 16.8. The summed E-state index contributed by atoms with van der Waals surface area (Å²) in [5.74, 6) is 0.822. The molecule has 3 heteroatoms. The highest BCUT2D eigenvalue weighted by atomic mass is 16.3. The van der Waals surface area contributed by atoms with Crippen molar-refractivity contribution in [3.63, 3.8) is 0 Å². The highest BCUT2D eigenvalue weighted by Crippen LogP contribution is 2.43. The third-order valence-electron chi connectivity index (χ3n) is 5.85. The van der Waals surface area contributed by atoms with Gasteiger partial charge in [-0.05, 0) is 48.6 Å². The van der Waals surface area contributed by atoms with Gasteiger partial charge in [0.05, 0.1) is 11.6 Å². The molecule has 1 saturated carbocycles. The molecule has 28 heavy (non-hydrogen) atoms. The van der Waals surface area contributed by atoms with Crippen LogP contribution in [0, 0.1) is 11.3 Å². The maximum atomic E-state index is 9.24. The Morgan fingerprint density at radius 2 is 1.64 bits per heavy atom. The lowest BCUT2D eigenvalue weighted by Crippen LogP contribution is -2.43. The molecule has 0 radical (unpaired) electrons. The van der Waals surface area contributed by atoms with Gasteiger partial charge in [-0.15, -0.1) is 0 Å². The Bertz CT molecular complexity index is 1190. The molecule has 3 nitrogen and oxygen atoms in total. The van der Waals surface area contributed by atoms with Crippen LogP contribution in [0.2, 0.25) is 0 Å². The van der Waals surface area contributed by atoms with Crippen molar-refractivity contribution in [1.82, 2.24) is 0 Å². The van der Waals surface area contributed by atoms with Gasteiger partial charge in [-0.3, -0.25) is 0 Å². The van der Waals surface area contributed by atoms with Crippen molar-refractivity contribution >= 4 is 11.0 Å². The first-order valence-corrected chi connectivity index (χ1v) is 9.60. The van der Waals surface area contributed by atoms with Crippen molar-refractivity contribution in [3.05, 3.63) is 83.9 Å². The summed E-state index contributed by atoms with van der Waals surface area (Å²) >= 11 is 0. The van der Waals surface area contributed by atoms with Gasteiger partial charge in [-0.2, -0.15) is 5.26 Å². The zero-order valence-electron chi connectivity index (χ0n) is 15.5. The third kappa shape index (κ3) is 2.62. The van der Waals surface area contributed by atoms with Crippen molar-refractivity contribution < 1.29 is 4.42 Å². The molecule has 1 aliphatic rings. The van der Waals surface area contributed by atoms with Crippen LogP contribution in [0.25, 0.3) is 33.4 Å². The van der Waals surface area contributed by atoms with E-state index >= 15 is 0 Å². The summed E-state index contributed by atoms with van der Waals surface area (Å²) < 4.78 is 6.27. The zero-order valence-corrected chi connectivity index (χ0v) is 15.5. The minimum atomic E-state index is -0.170. The summed E-state index contributed by atoms with van der Waals surface area (Å²) in [6.45, 7) is 0. The zero-order chi connectivity index (χ0) is 19.1. The molecule has 1 aromatic heterocycles. The molecule has 0 amide bonds. The van der Waals surface area contributed by atoms with Crippen LogP contribution in [0.3, 0.4) is 0 Å². The van der Waals surface area contributed by atoms with Gasteiger partial charge in [0.25, 0.3) is 0 Å². The maximum absolute atomic E-state index is 9.24. The molecule has 5 rings (SSSR count). The predicted molar refractivity (Wildman–Crippen MR) is 112 cm³/mol. The summed E-state index contributed by atoms with van der Waals surface area (Å²) in [6, 6.07) is 26.5. The van der Waals surface area contributed by atoms with Crippen molar-refractivity contribution in [3.8, 4) is 28.5 Å². The molecule has 1 heterocycles. The molecule has 4 aromatic rings. The monoisotopic (exact) mass is 364 g/mol. The largest absolute Gasteiger partial charge is 0.455 e. The minimum Gasteiger partial charge on any atom is -0.455 e. The SMILES string of the molecule is N#Cc1ccc2c(-c3ccccc3)c(-c3ccc(C4(N)CCC4)cc3)oc2c1. The number of furan rings is 1. The molecule has 2 N–H and O–H groups in total. The summed E-state index contributed by atoms with van der Waals surface area (Å²) in [7, 11) is 0. The number of hydrogen-bond acceptors (Lipinski definition) is 3. The first-order chi connectivity index (χ1) is 13.7. The van der Waals surface area contributed by atoms with Gasteiger partial charge in [-0.25, -0.2) is 0 Å². The molecular formula is C25H20N2O. The summed E-state index contributed by atoms with van der Waals surface area (Å²) in [5, 5.41) is 10.3. The van der Waals surface area contributed by atoms with Crippen LogP contribution >= 0.6 is 0 Å². The molecule has 0 spiro atoms. The van der Waals surface area contributed by atoms with Crippen molar-refractivity contribution in [2.75, 3.05) is 0 Å². The van der Waals surface area contributed by atoms with Crippen LogP contribution in [-0.4, -0.2) is 0 Å². The van der Waals surface area contributed by atoms with E-state index in [0.29, 0.717) is 5.56 Å². The molecule has 136 valence electrons. The van der Waals surface area contributed by atoms with E-state index in [1.807, 2.05) is 36.4 Å². The Hall–Kier alpha value is -3.35. The van der Waals surface area contributed by atoms with Gasteiger partial charge in [-0.1, -0.05) is 54.6 Å². The Morgan fingerprint density at radius 3 is 2.29 bits per heavy atom. The first-order valence-electron chi connectivity index (χ1n) is 9.60. The summed E-state index contributed by atoms with van der Waals surface area (Å²) in [4.78, 5) is 0. The van der Waals surface area contributed by atoms with E-state index in [2.05, 4.69) is 42.5 Å². The third-order valence-corrected chi connectivity index (χ3v) is 5.85. The quantitative estimate of drug-likeness (QED) is 0.486. The predicted octanol–water partition coefficient (Wildman–Crippen LogP) is 5.98. The standard InChI is InChI=1S/C25H20N2O/c26-16-17-7-12-21-22(15-17)28-24(23(21)18-5-2-1-3-6-18)19-8-10-20(11-9-19)25(27)13-4-14-25/h1-3,5-12,15H,4,13-14,27H2. The lowest BCUT2D eigenvalue weighted by molar-refractivity contribution is 0.253. The van der Waals surface area contributed by atoms with E-state index in [9.17, 15) is 5.26 Å². The van der Waals surface area contributed by atoms with Gasteiger partial charge < -0.3 is 10.2 Å². The highest BCUT2D eigenvalue weighted by molar-refractivity contribution is 6.02. The Morgan fingerprint density at radius 1 is 0.893 bits per heavy atom. The second kappa shape index (κ2) is 6.37. The molecule has 1 aliphatic carbocycles. The number of nitrogens with two attached hydrogens (primary N) is 1. The van der Waals surface area contributed by atoms with Crippen LogP contribution in [0.15, 0.2) is 77.2 Å². The van der Waals surface area contributed by atoms with E-state index in [-0.39, 0.29) is 5.54 Å². The van der Waals surface area contributed by atoms with Crippen molar-refractivity contribution in [1.29, 1.82) is 5.26 Å². The molecule has 1 fully saturated rings. The van der Waals surface area contributed by atoms with E-state index in [4.69, 9.17) is 10.2 Å². The van der Waals surface area contributed by atoms with E-state index < -0.39 is 0 Å². The average molecular weight is 364 g/mol. The smallest absolute Gasteiger partial charge is 0.143 e. The summed E-state index contributed by atoms with van der Waals surface area (Å²) in [6.07, 6.45) is 3.29. The minimum absolute atomic E-state index is 0.170. The number of benzene rings is 3. The van der Waals surface area contributed by atoms with Crippen LogP contribution in [0.5, 0.6) is 0 Å². The second-order valence-electron chi connectivity index (χ2n) is 7.58. The Balaban J connectivity index is 1.69. The van der Waals surface area contributed by atoms with Gasteiger partial charge in [0.2, 0.25) is 0 Å². The Labute approximate surface area is 164 Å². The highest BCUT2D eigenvalue weighted by Gasteiger charge is 2.34. The molecule has 0 bridgehead atoms. The topological polar surface area (TPSA) is 63.0 Å². The lowest BCUT2D eigenvalue weighted by atomic mass is 9.72. The molecular weight excluding hydrogens is 344 g/mol. The average Bonchev–Trinajstić information content (AvgIpc) is 3.11. The van der Waals surface area contributed by atoms with Crippen molar-refractivity contribution in [2.45, 2.75) is 24.8 Å². The van der Waals surface area contributed by atoms with Crippen LogP contribution < -0.4 is 5.73 Å². The summed E-state index contributed by atoms with van der Waals surface area (Å²) in [5.41, 5.74) is 12.0. The van der Waals surface area contributed by atoms with Crippen molar-refractivity contribution in [2.24, 2.45) is 5.73 Å². The van der Waals surface area contributed by atoms with Gasteiger partial charge in [0.15, 0.2) is 0 Å². The molecule has 0 atom stereocenters. The molecule has 0 saturated heterocycles. The number of nitriles is 1. The van der Waals surface area contributed by atoms with E-state index in [1.165, 1.54) is 12.0 Å². The van der Waals surface area contributed by atoms with Gasteiger partial charge >= 0.3 is 0 Å². The fourth-order valence-electron chi connectivity index (χ4n) is 4.06. The van der Waals surface area contributed by atoms with E-state index in [0.717, 1.165) is 46.3 Å². The van der Waals surface area contributed by atoms with Crippen LogP contribution in [0.4, 0.5) is 0 Å². The fourth-order valence-corrected chi connectivity index (χ4v) is 4.06. The van der Waals surface area contributed by atoms with Crippen LogP contribution in [-0.2, 0) is 5.54 Å². The number of fused-ring (bicyclic) bond motifs is 1. The normalized spacial score (nSPS) is 15.1. The van der Waals surface area contributed by atoms with E-state index in [1.54, 1.807) is 0 Å². The Kier molecular flexibility index (Phi) is 3.82. The molecule has 0 aliphatic heterocycles. The van der Waals surface area contributed by atoms with Gasteiger partial charge in [0.1, 0.15) is 11.3 Å². The van der Waals surface area contributed by atoms with Crippen LogP contribution in [0.1, 0.15) is 30.4 Å². The molecule has 3 aromatic carbocycles. The lowest BCUT2D eigenvalue weighted by Gasteiger charge is -2.38. The second-order valence-corrected chi connectivity index (χ2v) is 7.58. The number of rotatable bonds is 3. The number of hydrogen-bond donors (Lipinski definition) is 1. The van der Waals surface area contributed by atoms with Gasteiger partial charge in [0, 0.05) is 22.1 Å². The fraction of sp³-hybridized carbons (Fsp3) is 0.160. The number of nitrogens with zero attached hydrogens (tertiary/aromatic N) is 1. The molecule has 0 unspecified atom stereocenters.